The fraction of sp³-hybridized carbons (Fsp3) is 0.211. The van der Waals surface area contributed by atoms with E-state index >= 15 is 0 Å². The largest absolute Gasteiger partial charge is 0.275 e. The molecule has 0 radical (unpaired) electrons. The average Bonchev–Trinajstić information content (AvgIpc) is 3.10. The van der Waals surface area contributed by atoms with E-state index in [4.69, 9.17) is 22.1 Å². The molecule has 7 nitrogen and oxygen atoms in total. The van der Waals surface area contributed by atoms with E-state index in [2.05, 4.69) is 39.8 Å². The molecule has 0 saturated carbocycles. The number of rotatable bonds is 6. The average molecular weight is 378 g/mol. The number of halogens is 1. The van der Waals surface area contributed by atoms with E-state index in [1.165, 1.54) is 18.4 Å². The molecule has 0 atom stereocenters. The smallest absolute Gasteiger partial charge is 0.237 e. The van der Waals surface area contributed by atoms with Crippen LogP contribution in [0.2, 0.25) is 5.02 Å². The van der Waals surface area contributed by atoms with Crippen LogP contribution in [-0.2, 0) is 6.42 Å². The topological polar surface area (TPSA) is 103 Å². The SMILES string of the molecule is CCCCc1ccc(-n2nc3cc(Cl)c(NN=C(C#N)C#N)cc3n2)cc1. The third kappa shape index (κ3) is 4.22. The first-order valence-corrected chi connectivity index (χ1v) is 8.82. The van der Waals surface area contributed by atoms with Crippen molar-refractivity contribution in [2.24, 2.45) is 5.10 Å². The molecule has 3 aromatic rings. The van der Waals surface area contributed by atoms with Crippen molar-refractivity contribution in [3.63, 3.8) is 0 Å². The van der Waals surface area contributed by atoms with Crippen molar-refractivity contribution < 1.29 is 0 Å². The molecule has 1 N–H and O–H groups in total. The predicted octanol–water partition coefficient (Wildman–Crippen LogP) is 4.23. The van der Waals surface area contributed by atoms with Crippen LogP contribution in [0, 0.1) is 22.7 Å². The molecule has 0 fully saturated rings. The van der Waals surface area contributed by atoms with Crippen molar-refractivity contribution in [3.8, 4) is 17.8 Å². The van der Waals surface area contributed by atoms with E-state index in [1.807, 2.05) is 12.1 Å². The van der Waals surface area contributed by atoms with Gasteiger partial charge in [0.25, 0.3) is 0 Å². The van der Waals surface area contributed by atoms with Crippen LogP contribution >= 0.6 is 11.6 Å². The summed E-state index contributed by atoms with van der Waals surface area (Å²) in [5, 5.41) is 30.5. The molecule has 0 spiro atoms. The molecule has 0 aliphatic heterocycles. The fourth-order valence-corrected chi connectivity index (χ4v) is 2.71. The normalized spacial score (nSPS) is 10.2. The second-order valence-electron chi connectivity index (χ2n) is 5.88. The number of fused-ring (bicyclic) bond motifs is 1. The number of aromatic nitrogens is 3. The molecule has 27 heavy (non-hydrogen) atoms. The summed E-state index contributed by atoms with van der Waals surface area (Å²) in [6, 6.07) is 14.8. The highest BCUT2D eigenvalue weighted by molar-refractivity contribution is 6.34. The van der Waals surface area contributed by atoms with E-state index in [0.717, 1.165) is 12.1 Å². The number of hydrogen-bond acceptors (Lipinski definition) is 6. The Labute approximate surface area is 161 Å². The van der Waals surface area contributed by atoms with Gasteiger partial charge in [-0.2, -0.15) is 20.4 Å². The quantitative estimate of drug-likeness (QED) is 0.511. The number of aryl methyl sites for hydroxylation is 1. The molecule has 0 amide bonds. The van der Waals surface area contributed by atoms with E-state index in [0.29, 0.717) is 21.7 Å². The van der Waals surface area contributed by atoms with Gasteiger partial charge < -0.3 is 0 Å². The zero-order chi connectivity index (χ0) is 19.2. The van der Waals surface area contributed by atoms with Crippen molar-refractivity contribution in [1.29, 1.82) is 10.5 Å². The van der Waals surface area contributed by atoms with Gasteiger partial charge in [0.2, 0.25) is 5.71 Å². The second kappa shape index (κ2) is 8.31. The van der Waals surface area contributed by atoms with Gasteiger partial charge in [0, 0.05) is 0 Å². The first kappa shape index (κ1) is 18.4. The van der Waals surface area contributed by atoms with Crippen molar-refractivity contribution in [3.05, 3.63) is 47.0 Å². The number of hydrogen-bond donors (Lipinski definition) is 1. The van der Waals surface area contributed by atoms with Crippen LogP contribution in [0.1, 0.15) is 25.3 Å². The summed E-state index contributed by atoms with van der Waals surface area (Å²) in [6.07, 6.45) is 3.39. The minimum absolute atomic E-state index is 0.294. The Morgan fingerprint density at radius 2 is 1.81 bits per heavy atom. The number of nitrogens with one attached hydrogen (secondary N) is 1. The Kier molecular flexibility index (Phi) is 5.65. The summed E-state index contributed by atoms with van der Waals surface area (Å²) in [4.78, 5) is 1.55. The van der Waals surface area contributed by atoms with Gasteiger partial charge in [-0.15, -0.1) is 10.2 Å². The van der Waals surface area contributed by atoms with E-state index in [-0.39, 0.29) is 5.71 Å². The summed E-state index contributed by atoms with van der Waals surface area (Å²) in [5.74, 6) is 0. The molecule has 0 aliphatic rings. The van der Waals surface area contributed by atoms with E-state index < -0.39 is 0 Å². The lowest BCUT2D eigenvalue weighted by atomic mass is 10.1. The molecule has 0 aliphatic carbocycles. The molecule has 8 heteroatoms. The van der Waals surface area contributed by atoms with Crippen LogP contribution in [0.5, 0.6) is 0 Å². The van der Waals surface area contributed by atoms with Gasteiger partial charge in [0.1, 0.15) is 23.2 Å². The van der Waals surface area contributed by atoms with Gasteiger partial charge in [-0.25, -0.2) is 0 Å². The first-order valence-electron chi connectivity index (χ1n) is 8.44. The number of benzene rings is 2. The van der Waals surface area contributed by atoms with E-state index in [9.17, 15) is 0 Å². The molecule has 0 bridgehead atoms. The Morgan fingerprint density at radius 3 is 2.44 bits per heavy atom. The number of nitrogens with zero attached hydrogens (tertiary/aromatic N) is 6. The van der Waals surface area contributed by atoms with E-state index in [1.54, 1.807) is 29.1 Å². The molecule has 1 heterocycles. The summed E-state index contributed by atoms with van der Waals surface area (Å²) in [7, 11) is 0. The molecule has 0 saturated heterocycles. The van der Waals surface area contributed by atoms with Crippen LogP contribution < -0.4 is 5.43 Å². The number of hydrazone groups is 1. The lowest BCUT2D eigenvalue weighted by Crippen LogP contribution is -1.98. The third-order valence-electron chi connectivity index (χ3n) is 3.96. The lowest BCUT2D eigenvalue weighted by Gasteiger charge is -2.02. The van der Waals surface area contributed by atoms with Crippen LogP contribution in [-0.4, -0.2) is 20.7 Å². The van der Waals surface area contributed by atoms with Crippen LogP contribution in [0.25, 0.3) is 16.7 Å². The standard InChI is InChI=1S/C19H16ClN7/c1-2-3-4-13-5-7-15(8-6-13)27-25-18-9-16(20)17(10-19(18)26-27)24-23-14(11-21)12-22/h5-10,24H,2-4H2,1H3. The highest BCUT2D eigenvalue weighted by Gasteiger charge is 2.10. The fourth-order valence-electron chi connectivity index (χ4n) is 2.51. The highest BCUT2D eigenvalue weighted by Crippen LogP contribution is 2.27. The highest BCUT2D eigenvalue weighted by atomic mass is 35.5. The minimum Gasteiger partial charge on any atom is -0.275 e. The second-order valence-corrected chi connectivity index (χ2v) is 6.28. The molecule has 2 aromatic carbocycles. The summed E-state index contributed by atoms with van der Waals surface area (Å²) >= 11 is 6.22. The van der Waals surface area contributed by atoms with Gasteiger partial charge in [0.15, 0.2) is 0 Å². The lowest BCUT2D eigenvalue weighted by molar-refractivity contribution is 0.762. The predicted molar refractivity (Wildman–Crippen MR) is 105 cm³/mol. The number of nitriles is 2. The first-order chi connectivity index (χ1) is 13.1. The Balaban J connectivity index is 1.88. The maximum absolute atomic E-state index is 8.74. The van der Waals surface area contributed by atoms with Crippen LogP contribution in [0.3, 0.4) is 0 Å². The van der Waals surface area contributed by atoms with Gasteiger partial charge >= 0.3 is 0 Å². The monoisotopic (exact) mass is 377 g/mol. The molecular weight excluding hydrogens is 362 g/mol. The maximum atomic E-state index is 8.74. The molecule has 134 valence electrons. The van der Waals surface area contributed by atoms with Gasteiger partial charge in [0.05, 0.1) is 16.4 Å². The molecule has 3 rings (SSSR count). The van der Waals surface area contributed by atoms with Gasteiger partial charge in [-0.05, 0) is 42.7 Å². The summed E-state index contributed by atoms with van der Waals surface area (Å²) in [6.45, 7) is 2.18. The van der Waals surface area contributed by atoms with Crippen molar-refractivity contribution in [2.75, 3.05) is 5.43 Å². The van der Waals surface area contributed by atoms with Gasteiger partial charge in [-0.1, -0.05) is 37.1 Å². The molecular formula is C19H16ClN7. The Hall–Kier alpha value is -3.42. The van der Waals surface area contributed by atoms with Crippen molar-refractivity contribution >= 4 is 34.0 Å². The molecule has 0 unspecified atom stereocenters. The zero-order valence-electron chi connectivity index (χ0n) is 14.6. The van der Waals surface area contributed by atoms with Crippen molar-refractivity contribution in [2.45, 2.75) is 26.2 Å². The van der Waals surface area contributed by atoms with Crippen molar-refractivity contribution in [1.82, 2.24) is 15.0 Å². The number of unbranched alkanes of at least 4 members (excludes halogenated alkanes) is 1. The van der Waals surface area contributed by atoms with Crippen LogP contribution in [0.4, 0.5) is 5.69 Å². The summed E-state index contributed by atoms with van der Waals surface area (Å²) in [5.41, 5.74) is 6.15. The molecule has 1 aromatic heterocycles. The maximum Gasteiger partial charge on any atom is 0.237 e. The third-order valence-corrected chi connectivity index (χ3v) is 4.27. The Morgan fingerprint density at radius 1 is 1.15 bits per heavy atom. The number of anilines is 1. The van der Waals surface area contributed by atoms with Crippen LogP contribution in [0.15, 0.2) is 41.5 Å². The zero-order valence-corrected chi connectivity index (χ0v) is 15.4. The minimum atomic E-state index is -0.294. The van der Waals surface area contributed by atoms with Gasteiger partial charge in [-0.3, -0.25) is 5.43 Å². The summed E-state index contributed by atoms with van der Waals surface area (Å²) < 4.78 is 0. The Bertz CT molecular complexity index is 1050.